The molecule has 0 saturated carbocycles. The van der Waals surface area contributed by atoms with Gasteiger partial charge in [-0.3, -0.25) is 0 Å². The highest BCUT2D eigenvalue weighted by Gasteiger charge is 2.22. The summed E-state index contributed by atoms with van der Waals surface area (Å²) in [6.07, 6.45) is 4.37. The lowest BCUT2D eigenvalue weighted by Gasteiger charge is -2.25. The van der Waals surface area contributed by atoms with E-state index < -0.39 is 0 Å². The van der Waals surface area contributed by atoms with Gasteiger partial charge in [0.25, 0.3) is 0 Å². The Labute approximate surface area is 372 Å². The van der Waals surface area contributed by atoms with Gasteiger partial charge in [0.2, 0.25) is 0 Å². The summed E-state index contributed by atoms with van der Waals surface area (Å²) in [5.74, 6) is 0. The number of nitrogens with zero attached hydrogens (tertiary/aromatic N) is 1. The van der Waals surface area contributed by atoms with E-state index in [0.717, 1.165) is 50.1 Å². The van der Waals surface area contributed by atoms with Crippen LogP contribution in [-0.2, 0) is 0 Å². The molecule has 11 aromatic carbocycles. The van der Waals surface area contributed by atoms with E-state index in [1.54, 1.807) is 0 Å². The third-order valence-corrected chi connectivity index (χ3v) is 12.6. The molecule has 1 aromatic heterocycles. The van der Waals surface area contributed by atoms with Gasteiger partial charge in [-0.25, -0.2) is 0 Å². The van der Waals surface area contributed by atoms with Crippen molar-refractivity contribution in [2.75, 3.05) is 4.90 Å². The quantitative estimate of drug-likeness (QED) is 0.112. The van der Waals surface area contributed by atoms with Crippen molar-refractivity contribution in [3.8, 4) is 33.4 Å². The topological polar surface area (TPSA) is 16.4 Å². The summed E-state index contributed by atoms with van der Waals surface area (Å²) >= 11 is 0. The molecule has 0 unspecified atom stereocenters. The Balaban J connectivity index is 0.937. The number of hydrogen-bond donors (Lipinski definition) is 0. The van der Waals surface area contributed by atoms with Crippen molar-refractivity contribution in [3.63, 3.8) is 0 Å². The van der Waals surface area contributed by atoms with Gasteiger partial charge in [0.15, 0.2) is 0 Å². The number of rotatable bonds is 8. The van der Waals surface area contributed by atoms with E-state index >= 15 is 0 Å². The SMILES string of the molecule is C(=C\c1ccc2c(c1)oc1cc(N(c3ccccc3)c3ccccc3)ccc12)/c1ccc(-c2cc(-c3ccccc3)c3c4ccccc4c4ccccc4c3c2-c2ccccc2)cc1. The van der Waals surface area contributed by atoms with Crippen molar-refractivity contribution in [3.05, 3.63) is 248 Å². The summed E-state index contributed by atoms with van der Waals surface area (Å²) in [5, 5.41) is 9.84. The number of furan rings is 1. The van der Waals surface area contributed by atoms with Crippen LogP contribution in [0.25, 0.3) is 99.8 Å². The predicted molar refractivity (Wildman–Crippen MR) is 273 cm³/mol. The van der Waals surface area contributed by atoms with E-state index in [-0.39, 0.29) is 0 Å². The Kier molecular flexibility index (Phi) is 9.20. The Morgan fingerprint density at radius 3 is 1.39 bits per heavy atom. The largest absolute Gasteiger partial charge is 0.456 e. The summed E-state index contributed by atoms with van der Waals surface area (Å²) in [6.45, 7) is 0. The van der Waals surface area contributed by atoms with Crippen LogP contribution in [0.15, 0.2) is 241 Å². The Bertz CT molecular complexity index is 3640. The molecule has 12 rings (SSSR count). The fraction of sp³-hybridized carbons (Fsp3) is 0. The molecule has 0 radical (unpaired) electrons. The summed E-state index contributed by atoms with van der Waals surface area (Å²) in [4.78, 5) is 2.26. The number of anilines is 3. The van der Waals surface area contributed by atoms with Crippen molar-refractivity contribution < 1.29 is 4.42 Å². The van der Waals surface area contributed by atoms with Crippen LogP contribution < -0.4 is 4.90 Å². The Morgan fingerprint density at radius 1 is 0.297 bits per heavy atom. The molecule has 0 aliphatic carbocycles. The zero-order valence-corrected chi connectivity index (χ0v) is 35.0. The normalized spacial score (nSPS) is 11.7. The van der Waals surface area contributed by atoms with Gasteiger partial charge in [-0.2, -0.15) is 0 Å². The van der Waals surface area contributed by atoms with Crippen molar-refractivity contribution in [2.45, 2.75) is 0 Å². The predicted octanol–water partition coefficient (Wildman–Crippen LogP) is 17.7. The van der Waals surface area contributed by atoms with Crippen LogP contribution in [0.1, 0.15) is 11.1 Å². The summed E-state index contributed by atoms with van der Waals surface area (Å²) in [5.41, 5.74) is 14.5. The van der Waals surface area contributed by atoms with E-state index in [2.05, 4.69) is 242 Å². The van der Waals surface area contributed by atoms with Gasteiger partial charge in [0.1, 0.15) is 11.2 Å². The van der Waals surface area contributed by atoms with Crippen molar-refractivity contribution in [1.82, 2.24) is 0 Å². The molecule has 0 saturated heterocycles. The minimum absolute atomic E-state index is 0.862. The highest BCUT2D eigenvalue weighted by molar-refractivity contribution is 6.33. The summed E-state index contributed by atoms with van der Waals surface area (Å²) < 4.78 is 6.58. The number of fused-ring (bicyclic) bond motifs is 9. The minimum atomic E-state index is 0.862. The van der Waals surface area contributed by atoms with Gasteiger partial charge >= 0.3 is 0 Å². The van der Waals surface area contributed by atoms with Gasteiger partial charge < -0.3 is 9.32 Å². The van der Waals surface area contributed by atoms with E-state index in [0.29, 0.717) is 0 Å². The molecule has 12 aromatic rings. The van der Waals surface area contributed by atoms with Gasteiger partial charge in [-0.1, -0.05) is 188 Å². The number of hydrogen-bond acceptors (Lipinski definition) is 2. The molecular weight excluding hydrogens is 775 g/mol. The number of benzene rings is 11. The van der Waals surface area contributed by atoms with Gasteiger partial charge in [-0.15, -0.1) is 0 Å². The first-order valence-electron chi connectivity index (χ1n) is 21.9. The standard InChI is InChI=1S/C62H41NO/c1-5-17-44(18-6-1)57-41-56(60(46-19-7-2-8-20-46)62-55-28-16-14-26-51(55)50-25-13-15-27-54(50)61(57)62)45-34-31-42(32-35-45)29-30-43-33-37-52-53-38-36-49(40-59(53)64-58(52)39-43)63(47-21-9-3-10-22-47)48-23-11-4-12-24-48/h1-41H/b30-29+. The third kappa shape index (κ3) is 6.52. The molecule has 0 aliphatic rings. The summed E-state index contributed by atoms with van der Waals surface area (Å²) in [6, 6.07) is 85.0. The highest BCUT2D eigenvalue weighted by Crippen LogP contribution is 2.49. The molecule has 64 heavy (non-hydrogen) atoms. The Hall–Kier alpha value is -8.46. The van der Waals surface area contributed by atoms with Crippen LogP contribution in [0.4, 0.5) is 17.1 Å². The summed E-state index contributed by atoms with van der Waals surface area (Å²) in [7, 11) is 0. The molecule has 2 nitrogen and oxygen atoms in total. The zero-order chi connectivity index (χ0) is 42.4. The fourth-order valence-electron chi connectivity index (χ4n) is 9.67. The van der Waals surface area contributed by atoms with Crippen molar-refractivity contribution >= 4 is 83.5 Å². The van der Waals surface area contributed by atoms with Gasteiger partial charge in [0.05, 0.1) is 0 Å². The molecule has 1 heterocycles. The second-order valence-corrected chi connectivity index (χ2v) is 16.4. The average molecular weight is 816 g/mol. The maximum atomic E-state index is 6.58. The Morgan fingerprint density at radius 2 is 0.766 bits per heavy atom. The lowest BCUT2D eigenvalue weighted by atomic mass is 9.81. The van der Waals surface area contributed by atoms with Crippen LogP contribution in [0.5, 0.6) is 0 Å². The molecule has 0 spiro atoms. The van der Waals surface area contributed by atoms with Crippen molar-refractivity contribution in [1.29, 1.82) is 0 Å². The first-order chi connectivity index (χ1) is 31.7. The van der Waals surface area contributed by atoms with E-state index in [1.165, 1.54) is 65.7 Å². The van der Waals surface area contributed by atoms with E-state index in [4.69, 9.17) is 4.42 Å². The molecule has 0 aliphatic heterocycles. The molecule has 0 amide bonds. The second kappa shape index (κ2) is 15.8. The molecule has 0 N–H and O–H groups in total. The van der Waals surface area contributed by atoms with Crippen LogP contribution in [0.2, 0.25) is 0 Å². The van der Waals surface area contributed by atoms with Crippen LogP contribution >= 0.6 is 0 Å². The van der Waals surface area contributed by atoms with E-state index in [9.17, 15) is 0 Å². The van der Waals surface area contributed by atoms with Crippen LogP contribution in [0, 0.1) is 0 Å². The lowest BCUT2D eigenvalue weighted by Crippen LogP contribution is -2.09. The average Bonchev–Trinajstić information content (AvgIpc) is 3.74. The maximum absolute atomic E-state index is 6.58. The highest BCUT2D eigenvalue weighted by atomic mass is 16.3. The first kappa shape index (κ1) is 37.3. The molecular formula is C62H41NO. The molecule has 0 atom stereocenters. The zero-order valence-electron chi connectivity index (χ0n) is 35.0. The number of para-hydroxylation sites is 2. The molecule has 0 bridgehead atoms. The molecule has 0 fully saturated rings. The van der Waals surface area contributed by atoms with Crippen LogP contribution in [-0.4, -0.2) is 0 Å². The van der Waals surface area contributed by atoms with Gasteiger partial charge in [0, 0.05) is 33.9 Å². The first-order valence-corrected chi connectivity index (χ1v) is 21.9. The molecule has 2 heteroatoms. The third-order valence-electron chi connectivity index (χ3n) is 12.6. The smallest absolute Gasteiger partial charge is 0.137 e. The van der Waals surface area contributed by atoms with Crippen LogP contribution in [0.3, 0.4) is 0 Å². The fourth-order valence-corrected chi connectivity index (χ4v) is 9.67. The monoisotopic (exact) mass is 815 g/mol. The minimum Gasteiger partial charge on any atom is -0.456 e. The second-order valence-electron chi connectivity index (χ2n) is 16.4. The molecule has 300 valence electrons. The maximum Gasteiger partial charge on any atom is 0.137 e. The van der Waals surface area contributed by atoms with E-state index in [1.807, 2.05) is 12.1 Å². The van der Waals surface area contributed by atoms with Gasteiger partial charge in [-0.05, 0) is 131 Å². The lowest BCUT2D eigenvalue weighted by molar-refractivity contribution is 0.669. The van der Waals surface area contributed by atoms with Crippen molar-refractivity contribution in [2.24, 2.45) is 0 Å².